The molecule has 0 spiro atoms. The molecule has 0 saturated carbocycles. The average Bonchev–Trinajstić information content (AvgIpc) is 2.70. The van der Waals surface area contributed by atoms with Gasteiger partial charge >= 0.3 is 0 Å². The molecule has 0 aliphatic carbocycles. The summed E-state index contributed by atoms with van der Waals surface area (Å²) in [7, 11) is 0. The first-order chi connectivity index (χ1) is 10.3. The highest BCUT2D eigenvalue weighted by Gasteiger charge is 2.14. The molecule has 0 unspecified atom stereocenters. The lowest BCUT2D eigenvalue weighted by molar-refractivity contribution is 0.644. The third kappa shape index (κ3) is 3.64. The fourth-order valence-corrected chi connectivity index (χ4v) is 3.04. The predicted octanol–water partition coefficient (Wildman–Crippen LogP) is 3.59. The van der Waals surface area contributed by atoms with Gasteiger partial charge < -0.3 is 10.6 Å². The number of hydrogen-bond acceptors (Lipinski definition) is 2. The quantitative estimate of drug-likeness (QED) is 0.894. The molecule has 0 saturated heterocycles. The molecule has 0 radical (unpaired) electrons. The fourth-order valence-electron chi connectivity index (χ4n) is 3.04. The van der Waals surface area contributed by atoms with Crippen LogP contribution in [0.15, 0.2) is 48.5 Å². The SMILES string of the molecule is C[C@@H]1CNCCc2ccc(NCCc3ccccc3)cc21. The Morgan fingerprint density at radius 3 is 2.86 bits per heavy atom. The highest BCUT2D eigenvalue weighted by atomic mass is 14.9. The molecule has 0 amide bonds. The zero-order chi connectivity index (χ0) is 14.5. The molecule has 1 heterocycles. The summed E-state index contributed by atoms with van der Waals surface area (Å²) in [6.45, 7) is 5.47. The van der Waals surface area contributed by atoms with E-state index >= 15 is 0 Å². The molecule has 1 aliphatic heterocycles. The van der Waals surface area contributed by atoms with Gasteiger partial charge in [-0.05, 0) is 54.1 Å². The van der Waals surface area contributed by atoms with Crippen molar-refractivity contribution in [3.05, 3.63) is 65.2 Å². The maximum Gasteiger partial charge on any atom is 0.0343 e. The summed E-state index contributed by atoms with van der Waals surface area (Å²) in [5, 5.41) is 7.07. The van der Waals surface area contributed by atoms with E-state index < -0.39 is 0 Å². The van der Waals surface area contributed by atoms with Crippen molar-refractivity contribution in [1.29, 1.82) is 0 Å². The second-order valence-corrected chi connectivity index (χ2v) is 5.93. The number of fused-ring (bicyclic) bond motifs is 1. The molecule has 2 aromatic carbocycles. The molecule has 3 rings (SSSR count). The maximum atomic E-state index is 3.56. The zero-order valence-electron chi connectivity index (χ0n) is 12.7. The van der Waals surface area contributed by atoms with Gasteiger partial charge in [0.25, 0.3) is 0 Å². The van der Waals surface area contributed by atoms with Crippen LogP contribution in [0.2, 0.25) is 0 Å². The lowest BCUT2D eigenvalue weighted by Crippen LogP contribution is -2.18. The van der Waals surface area contributed by atoms with Crippen LogP contribution in [0.1, 0.15) is 29.5 Å². The second-order valence-electron chi connectivity index (χ2n) is 5.93. The number of benzene rings is 2. The van der Waals surface area contributed by atoms with Gasteiger partial charge in [0.15, 0.2) is 0 Å². The summed E-state index contributed by atoms with van der Waals surface area (Å²) in [5.41, 5.74) is 5.64. The van der Waals surface area contributed by atoms with Gasteiger partial charge in [-0.1, -0.05) is 43.3 Å². The third-order valence-corrected chi connectivity index (χ3v) is 4.28. The van der Waals surface area contributed by atoms with Crippen LogP contribution in [-0.4, -0.2) is 19.6 Å². The van der Waals surface area contributed by atoms with Crippen LogP contribution in [0.25, 0.3) is 0 Å². The Morgan fingerprint density at radius 1 is 1.14 bits per heavy atom. The van der Waals surface area contributed by atoms with Crippen LogP contribution in [0, 0.1) is 0 Å². The number of rotatable bonds is 4. The molecule has 2 N–H and O–H groups in total. The van der Waals surface area contributed by atoms with Crippen molar-refractivity contribution in [2.24, 2.45) is 0 Å². The van der Waals surface area contributed by atoms with Gasteiger partial charge in [-0.2, -0.15) is 0 Å². The van der Waals surface area contributed by atoms with Crippen LogP contribution in [0.5, 0.6) is 0 Å². The summed E-state index contributed by atoms with van der Waals surface area (Å²) in [4.78, 5) is 0. The van der Waals surface area contributed by atoms with Crippen molar-refractivity contribution in [3.8, 4) is 0 Å². The van der Waals surface area contributed by atoms with Crippen molar-refractivity contribution in [1.82, 2.24) is 5.32 Å². The molecule has 1 atom stereocenters. The largest absolute Gasteiger partial charge is 0.385 e. The summed E-state index contributed by atoms with van der Waals surface area (Å²) >= 11 is 0. The Kier molecular flexibility index (Phi) is 4.56. The van der Waals surface area contributed by atoms with E-state index in [9.17, 15) is 0 Å². The Hall–Kier alpha value is -1.80. The number of anilines is 1. The van der Waals surface area contributed by atoms with Crippen molar-refractivity contribution < 1.29 is 0 Å². The minimum absolute atomic E-state index is 0.596. The van der Waals surface area contributed by atoms with Crippen LogP contribution in [0.4, 0.5) is 5.69 Å². The Labute approximate surface area is 127 Å². The standard InChI is InChI=1S/C19H24N2/c1-15-14-20-11-10-17-7-8-18(13-19(15)17)21-12-9-16-5-3-2-4-6-16/h2-8,13,15,20-21H,9-12,14H2,1H3/t15-/m1/s1. The first-order valence-electron chi connectivity index (χ1n) is 7.94. The molecule has 1 aliphatic rings. The number of nitrogens with one attached hydrogen (secondary N) is 2. The molecule has 0 fully saturated rings. The first kappa shape index (κ1) is 14.2. The van der Waals surface area contributed by atoms with Crippen molar-refractivity contribution >= 4 is 5.69 Å². The molecular weight excluding hydrogens is 256 g/mol. The minimum Gasteiger partial charge on any atom is -0.385 e. The Balaban J connectivity index is 1.64. The molecule has 21 heavy (non-hydrogen) atoms. The van der Waals surface area contributed by atoms with Gasteiger partial charge in [0.05, 0.1) is 0 Å². The van der Waals surface area contributed by atoms with Gasteiger partial charge in [-0.3, -0.25) is 0 Å². The first-order valence-corrected chi connectivity index (χ1v) is 7.94. The van der Waals surface area contributed by atoms with Gasteiger partial charge in [0.1, 0.15) is 0 Å². The van der Waals surface area contributed by atoms with E-state index in [1.165, 1.54) is 22.4 Å². The summed E-state index contributed by atoms with van der Waals surface area (Å²) in [6, 6.07) is 17.5. The minimum atomic E-state index is 0.596. The van der Waals surface area contributed by atoms with E-state index in [0.29, 0.717) is 5.92 Å². The normalized spacial score (nSPS) is 17.9. The summed E-state index contributed by atoms with van der Waals surface area (Å²) in [6.07, 6.45) is 2.21. The van der Waals surface area contributed by atoms with E-state index in [0.717, 1.165) is 32.5 Å². The van der Waals surface area contributed by atoms with Gasteiger partial charge in [-0.25, -0.2) is 0 Å². The van der Waals surface area contributed by atoms with Crippen LogP contribution >= 0.6 is 0 Å². The van der Waals surface area contributed by atoms with Crippen molar-refractivity contribution in [2.45, 2.75) is 25.7 Å². The lowest BCUT2D eigenvalue weighted by Gasteiger charge is -2.15. The molecule has 2 nitrogen and oxygen atoms in total. The van der Waals surface area contributed by atoms with Crippen LogP contribution < -0.4 is 10.6 Å². The molecule has 110 valence electrons. The molecule has 0 aromatic heterocycles. The van der Waals surface area contributed by atoms with Crippen molar-refractivity contribution in [2.75, 3.05) is 25.0 Å². The Bertz CT molecular complexity index is 577. The van der Waals surface area contributed by atoms with E-state index in [1.807, 2.05) is 0 Å². The van der Waals surface area contributed by atoms with E-state index in [4.69, 9.17) is 0 Å². The zero-order valence-corrected chi connectivity index (χ0v) is 12.7. The highest BCUT2D eigenvalue weighted by molar-refractivity contribution is 5.50. The fraction of sp³-hybridized carbons (Fsp3) is 0.368. The van der Waals surface area contributed by atoms with E-state index in [-0.39, 0.29) is 0 Å². The lowest BCUT2D eigenvalue weighted by atomic mass is 9.95. The van der Waals surface area contributed by atoms with E-state index in [1.54, 1.807) is 0 Å². The topological polar surface area (TPSA) is 24.1 Å². The maximum absolute atomic E-state index is 3.56. The third-order valence-electron chi connectivity index (χ3n) is 4.28. The average molecular weight is 280 g/mol. The molecule has 2 heteroatoms. The predicted molar refractivity (Wildman–Crippen MR) is 90.1 cm³/mol. The highest BCUT2D eigenvalue weighted by Crippen LogP contribution is 2.25. The Morgan fingerprint density at radius 2 is 2.00 bits per heavy atom. The number of hydrogen-bond donors (Lipinski definition) is 2. The van der Waals surface area contributed by atoms with Gasteiger partial charge in [0.2, 0.25) is 0 Å². The van der Waals surface area contributed by atoms with Crippen molar-refractivity contribution in [3.63, 3.8) is 0 Å². The summed E-state index contributed by atoms with van der Waals surface area (Å²) < 4.78 is 0. The molecular formula is C19H24N2. The van der Waals surface area contributed by atoms with E-state index in [2.05, 4.69) is 66.1 Å². The van der Waals surface area contributed by atoms with Gasteiger partial charge in [-0.15, -0.1) is 0 Å². The monoisotopic (exact) mass is 280 g/mol. The molecule has 0 bridgehead atoms. The molecule has 2 aromatic rings. The summed E-state index contributed by atoms with van der Waals surface area (Å²) in [5.74, 6) is 0.596. The second kappa shape index (κ2) is 6.77. The van der Waals surface area contributed by atoms with Gasteiger partial charge in [0, 0.05) is 18.8 Å². The smallest absolute Gasteiger partial charge is 0.0343 e. The van der Waals surface area contributed by atoms with Crippen LogP contribution in [0.3, 0.4) is 0 Å². The van der Waals surface area contributed by atoms with Crippen LogP contribution in [-0.2, 0) is 12.8 Å².